The number of esters is 1. The Morgan fingerprint density at radius 2 is 1.91 bits per heavy atom. The van der Waals surface area contributed by atoms with Crippen molar-refractivity contribution in [2.24, 2.45) is 0 Å². The molecule has 0 spiro atoms. The van der Waals surface area contributed by atoms with E-state index >= 15 is 0 Å². The zero-order valence-corrected chi connectivity index (χ0v) is 13.2. The van der Waals surface area contributed by atoms with Crippen molar-refractivity contribution < 1.29 is 9.53 Å². The second-order valence-electron chi connectivity index (χ2n) is 4.61. The van der Waals surface area contributed by atoms with E-state index in [2.05, 4.69) is 15.5 Å². The predicted octanol–water partition coefficient (Wildman–Crippen LogP) is 3.33. The van der Waals surface area contributed by atoms with Crippen molar-refractivity contribution in [3.05, 3.63) is 70.0 Å². The maximum Gasteiger partial charge on any atom is 0.338 e. The molecule has 23 heavy (non-hydrogen) atoms. The van der Waals surface area contributed by atoms with Gasteiger partial charge in [-0.05, 0) is 46.8 Å². The Bertz CT molecular complexity index is 820. The standard InChI is InChI=1S/C15H10Cl2N4O2/c16-12-4-1-11(14(17)7-12)8-23-15(22)10-2-5-13(6-3-10)21-9-18-19-20-21/h1-7,9H,8H2. The van der Waals surface area contributed by atoms with Gasteiger partial charge < -0.3 is 4.74 Å². The van der Waals surface area contributed by atoms with Crippen LogP contribution in [-0.4, -0.2) is 26.2 Å². The molecule has 0 saturated carbocycles. The summed E-state index contributed by atoms with van der Waals surface area (Å²) in [5.41, 5.74) is 1.86. The molecule has 0 bridgehead atoms. The van der Waals surface area contributed by atoms with Crippen LogP contribution in [0.4, 0.5) is 0 Å². The molecule has 0 aliphatic heterocycles. The van der Waals surface area contributed by atoms with Crippen LogP contribution in [0.1, 0.15) is 15.9 Å². The quantitative estimate of drug-likeness (QED) is 0.676. The van der Waals surface area contributed by atoms with Crippen LogP contribution in [-0.2, 0) is 11.3 Å². The van der Waals surface area contributed by atoms with Crippen molar-refractivity contribution in [1.29, 1.82) is 0 Å². The number of hydrogen-bond acceptors (Lipinski definition) is 5. The summed E-state index contributed by atoms with van der Waals surface area (Å²) < 4.78 is 6.74. The largest absolute Gasteiger partial charge is 0.457 e. The summed E-state index contributed by atoms with van der Waals surface area (Å²) in [7, 11) is 0. The van der Waals surface area contributed by atoms with Gasteiger partial charge in [-0.2, -0.15) is 0 Å². The number of hydrogen-bond donors (Lipinski definition) is 0. The Kier molecular flexibility index (Phi) is 4.55. The summed E-state index contributed by atoms with van der Waals surface area (Å²) in [6, 6.07) is 11.7. The minimum absolute atomic E-state index is 0.0730. The molecule has 0 saturated heterocycles. The molecule has 1 heterocycles. The maximum absolute atomic E-state index is 12.1. The van der Waals surface area contributed by atoms with Crippen LogP contribution in [0.15, 0.2) is 48.8 Å². The van der Waals surface area contributed by atoms with Crippen molar-refractivity contribution in [3.8, 4) is 5.69 Å². The molecule has 116 valence electrons. The van der Waals surface area contributed by atoms with Crippen LogP contribution >= 0.6 is 23.2 Å². The van der Waals surface area contributed by atoms with E-state index < -0.39 is 5.97 Å². The van der Waals surface area contributed by atoms with Crippen LogP contribution in [0.3, 0.4) is 0 Å². The molecule has 0 aliphatic rings. The lowest BCUT2D eigenvalue weighted by molar-refractivity contribution is 0.0473. The molecule has 2 aromatic carbocycles. The van der Waals surface area contributed by atoms with Gasteiger partial charge in [0.05, 0.1) is 11.3 Å². The van der Waals surface area contributed by atoms with Gasteiger partial charge in [-0.15, -0.1) is 5.10 Å². The van der Waals surface area contributed by atoms with E-state index in [-0.39, 0.29) is 6.61 Å². The van der Waals surface area contributed by atoms with Crippen molar-refractivity contribution in [1.82, 2.24) is 20.2 Å². The normalized spacial score (nSPS) is 10.5. The van der Waals surface area contributed by atoms with Crippen LogP contribution in [0, 0.1) is 0 Å². The van der Waals surface area contributed by atoms with Crippen molar-refractivity contribution >= 4 is 29.2 Å². The molecule has 3 rings (SSSR count). The fraction of sp³-hybridized carbons (Fsp3) is 0.0667. The molecule has 0 unspecified atom stereocenters. The third-order valence-corrected chi connectivity index (χ3v) is 3.68. The number of aromatic nitrogens is 4. The Hall–Kier alpha value is -2.44. The van der Waals surface area contributed by atoms with Gasteiger partial charge in [0.25, 0.3) is 0 Å². The number of tetrazole rings is 1. The molecule has 0 N–H and O–H groups in total. The number of nitrogens with zero attached hydrogens (tertiary/aromatic N) is 4. The predicted molar refractivity (Wildman–Crippen MR) is 84.7 cm³/mol. The number of rotatable bonds is 4. The van der Waals surface area contributed by atoms with E-state index in [0.717, 1.165) is 5.69 Å². The zero-order valence-electron chi connectivity index (χ0n) is 11.7. The van der Waals surface area contributed by atoms with E-state index in [1.54, 1.807) is 42.5 Å². The van der Waals surface area contributed by atoms with Crippen molar-refractivity contribution in [3.63, 3.8) is 0 Å². The minimum atomic E-state index is -0.445. The highest BCUT2D eigenvalue weighted by Crippen LogP contribution is 2.22. The van der Waals surface area contributed by atoms with E-state index in [9.17, 15) is 4.79 Å². The number of ether oxygens (including phenoxy) is 1. The van der Waals surface area contributed by atoms with Crippen LogP contribution < -0.4 is 0 Å². The SMILES string of the molecule is O=C(OCc1ccc(Cl)cc1Cl)c1ccc(-n2cnnn2)cc1. The maximum atomic E-state index is 12.1. The number of carbonyl (C=O) groups excluding carboxylic acids is 1. The number of carbonyl (C=O) groups is 1. The lowest BCUT2D eigenvalue weighted by Gasteiger charge is -2.07. The summed E-state index contributed by atoms with van der Waals surface area (Å²) >= 11 is 11.9. The third-order valence-electron chi connectivity index (χ3n) is 3.09. The Labute approximate surface area is 141 Å². The second kappa shape index (κ2) is 6.76. The first-order valence-electron chi connectivity index (χ1n) is 6.58. The van der Waals surface area contributed by atoms with Gasteiger partial charge in [0.2, 0.25) is 0 Å². The monoisotopic (exact) mass is 348 g/mol. The molecular formula is C15H10Cl2N4O2. The highest BCUT2D eigenvalue weighted by molar-refractivity contribution is 6.35. The van der Waals surface area contributed by atoms with Gasteiger partial charge in [0.1, 0.15) is 12.9 Å². The summed E-state index contributed by atoms with van der Waals surface area (Å²) in [6.07, 6.45) is 1.47. The lowest BCUT2D eigenvalue weighted by atomic mass is 10.2. The zero-order chi connectivity index (χ0) is 16.2. The summed E-state index contributed by atoms with van der Waals surface area (Å²) in [5, 5.41) is 11.9. The molecule has 8 heteroatoms. The van der Waals surface area contributed by atoms with Crippen LogP contribution in [0.5, 0.6) is 0 Å². The first-order valence-corrected chi connectivity index (χ1v) is 7.33. The van der Waals surface area contributed by atoms with Gasteiger partial charge in [-0.1, -0.05) is 29.3 Å². The lowest BCUT2D eigenvalue weighted by Crippen LogP contribution is -2.06. The van der Waals surface area contributed by atoms with Crippen molar-refractivity contribution in [2.45, 2.75) is 6.61 Å². The second-order valence-corrected chi connectivity index (χ2v) is 5.46. The fourth-order valence-corrected chi connectivity index (χ4v) is 2.36. The molecule has 6 nitrogen and oxygen atoms in total. The average molecular weight is 349 g/mol. The summed E-state index contributed by atoms with van der Waals surface area (Å²) in [6.45, 7) is 0.0730. The topological polar surface area (TPSA) is 69.9 Å². The highest BCUT2D eigenvalue weighted by Gasteiger charge is 2.10. The van der Waals surface area contributed by atoms with Gasteiger partial charge >= 0.3 is 5.97 Å². The molecule has 3 aromatic rings. The van der Waals surface area contributed by atoms with Crippen molar-refractivity contribution in [2.75, 3.05) is 0 Å². The minimum Gasteiger partial charge on any atom is -0.457 e. The molecule has 0 radical (unpaired) electrons. The molecule has 1 aromatic heterocycles. The van der Waals surface area contributed by atoms with Gasteiger partial charge in [-0.25, -0.2) is 9.48 Å². The molecule has 0 aliphatic carbocycles. The number of halogens is 2. The Morgan fingerprint density at radius 1 is 1.13 bits per heavy atom. The Morgan fingerprint density at radius 3 is 2.57 bits per heavy atom. The van der Waals surface area contributed by atoms with Gasteiger partial charge in [0.15, 0.2) is 0 Å². The third kappa shape index (κ3) is 3.67. The van der Waals surface area contributed by atoms with E-state index in [1.165, 1.54) is 11.0 Å². The van der Waals surface area contributed by atoms with Crippen LogP contribution in [0.2, 0.25) is 10.0 Å². The Balaban J connectivity index is 1.66. The van der Waals surface area contributed by atoms with Crippen LogP contribution in [0.25, 0.3) is 5.69 Å². The molecule has 0 atom stereocenters. The summed E-state index contributed by atoms with van der Waals surface area (Å²) in [5.74, 6) is -0.445. The van der Waals surface area contributed by atoms with Gasteiger partial charge in [0, 0.05) is 15.6 Å². The summed E-state index contributed by atoms with van der Waals surface area (Å²) in [4.78, 5) is 12.1. The average Bonchev–Trinajstić information content (AvgIpc) is 3.08. The smallest absolute Gasteiger partial charge is 0.338 e. The van der Waals surface area contributed by atoms with E-state index in [1.807, 2.05) is 0 Å². The molecular weight excluding hydrogens is 339 g/mol. The molecule has 0 amide bonds. The van der Waals surface area contributed by atoms with E-state index in [4.69, 9.17) is 27.9 Å². The first-order chi connectivity index (χ1) is 11.1. The molecule has 0 fully saturated rings. The first kappa shape index (κ1) is 15.5. The number of benzene rings is 2. The highest BCUT2D eigenvalue weighted by atomic mass is 35.5. The van der Waals surface area contributed by atoms with E-state index in [0.29, 0.717) is 21.2 Å². The van der Waals surface area contributed by atoms with Gasteiger partial charge in [-0.3, -0.25) is 0 Å². The fourth-order valence-electron chi connectivity index (χ4n) is 1.90.